The Morgan fingerprint density at radius 3 is 1.45 bits per heavy atom. The number of aliphatic hydroxyl groups is 1. The first-order valence-corrected chi connectivity index (χ1v) is 39.9. The normalized spacial score (nSPS) is 13.1. The van der Waals surface area contributed by atoms with Gasteiger partial charge in [0.05, 0.1) is 68.2 Å². The van der Waals surface area contributed by atoms with E-state index in [9.17, 15) is 112 Å². The lowest BCUT2D eigenvalue weighted by molar-refractivity contribution is -0.432. The zero-order chi connectivity index (χ0) is 78.7. The molecule has 0 aromatic heterocycles. The molecule has 14 N–H and O–H groups in total. The van der Waals surface area contributed by atoms with Gasteiger partial charge in [-0.1, -0.05) is 10.1 Å². The molecule has 9 rings (SSSR count). The molecule has 0 aliphatic carbocycles. The smallest absolute Gasteiger partial charge is 0.297 e. The summed E-state index contributed by atoms with van der Waals surface area (Å²) in [5.74, 6) is -4.64. The molecule has 45 nitrogen and oxygen atoms in total. The number of phenolic OH excluding ortho intramolecular Hbond substituents is 3. The van der Waals surface area contributed by atoms with Gasteiger partial charge < -0.3 is 30.9 Å². The number of nitrogens with zero attached hydrogens (tertiary/aromatic N) is 11. The summed E-state index contributed by atoms with van der Waals surface area (Å²) in [6.07, 6.45) is 0.178. The highest BCUT2D eigenvalue weighted by Gasteiger charge is 2.33. The van der Waals surface area contributed by atoms with Gasteiger partial charge in [-0.15, -0.1) is 49.6 Å². The van der Waals surface area contributed by atoms with E-state index in [0.29, 0.717) is 60.6 Å². The third-order valence-electron chi connectivity index (χ3n) is 14.1. The fraction of sp³-hybridized carbons (Fsp3) is 0.0943. The summed E-state index contributed by atoms with van der Waals surface area (Å²) in [6.45, 7) is -0.780. The number of benzene rings is 9. The number of non-ortho nitro benzene ring substituents is 1. The first-order valence-electron chi connectivity index (χ1n) is 27.9. The van der Waals surface area contributed by atoms with E-state index in [-0.39, 0.29) is 64.6 Å². The zero-order valence-electron chi connectivity index (χ0n) is 52.0. The Bertz CT molecular complexity index is 6180. The van der Waals surface area contributed by atoms with E-state index in [1.54, 1.807) is 0 Å². The first kappa shape index (κ1) is 81.1. The van der Waals surface area contributed by atoms with E-state index in [1.165, 1.54) is 42.5 Å². The third-order valence-corrected chi connectivity index (χ3v) is 22.5. The Labute approximate surface area is 606 Å². The van der Waals surface area contributed by atoms with Gasteiger partial charge >= 0.3 is 0 Å². The van der Waals surface area contributed by atoms with Gasteiger partial charge in [0.2, 0.25) is 0 Å². The fourth-order valence-corrected chi connectivity index (χ4v) is 15.7. The summed E-state index contributed by atoms with van der Waals surface area (Å²) in [4.78, 5) is 1.08. The van der Waals surface area contributed by atoms with Gasteiger partial charge in [-0.2, -0.15) is 60.7 Å². The molecule has 0 unspecified atom stereocenters. The molecule has 9 aromatic rings. The minimum Gasteiger partial charge on any atom is -0.505 e. The van der Waals surface area contributed by atoms with Crippen molar-refractivity contribution in [2.24, 2.45) is 51.1 Å². The van der Waals surface area contributed by atoms with Crippen LogP contribution in [0.25, 0.3) is 32.3 Å². The predicted molar refractivity (Wildman–Crippen MR) is 364 cm³/mol. The van der Waals surface area contributed by atoms with Crippen molar-refractivity contribution in [3.8, 4) is 23.0 Å². The second-order valence-corrected chi connectivity index (χ2v) is 32.7. The van der Waals surface area contributed by atoms with Crippen LogP contribution in [0.15, 0.2) is 200 Å². The van der Waals surface area contributed by atoms with E-state index >= 15 is 0 Å². The Morgan fingerprint density at radius 2 is 0.935 bits per heavy atom. The van der Waals surface area contributed by atoms with Crippen LogP contribution >= 0.6 is 24.1 Å². The van der Waals surface area contributed by atoms with Crippen LogP contribution < -0.4 is 10.5 Å². The number of fused-ring (bicyclic) bond motifs is 3. The van der Waals surface area contributed by atoms with Crippen LogP contribution in [-0.2, 0) is 89.3 Å². The molecule has 566 valence electrons. The number of nitrogen functional groups attached to an aromatic ring is 1. The number of hydrogen-bond donors (Lipinski definition) is 13. The molecule has 0 aliphatic rings. The third kappa shape index (κ3) is 18.3. The van der Waals surface area contributed by atoms with E-state index < -0.39 is 223 Å². The highest BCUT2D eigenvalue weighted by Crippen LogP contribution is 2.52. The molecule has 0 saturated heterocycles. The standard InChI is InChI=1S/C53H42N12O33S9/c54-45-37(23-40(102(76,77)78)32-20-39(100-98-96-73)46(51(69)44(32)45)62-58-34-11-5-26(65(70)71)19-41(34)103(79,80)81)61-59-35-12-8-28-30(52(35)106(88,89)90)21-43(105(85,86)87)48(50(28)68)64-60-36-13-9-29-31(53(36)107(91,92)93)22-42(104(82,83)84)47(49(29)67)63-57-33-10-4-25(18-38(33)94-15-1-16-99-97-95-72)56-55-24-2-6-27(7-3-24)101(74,75)17-14-66/h2-13,18-23,66-69,72-73H,1,14-17,54H2,(H,76,77,78)(H,79,80,81)(H,82,83,84)(H,85,86,87)(H,88,89,90)(H,91,92,93). The number of rotatable bonds is 30. The average molecular weight is 1660 g/mol. The summed E-state index contributed by atoms with van der Waals surface area (Å²) < 4.78 is 258. The van der Waals surface area contributed by atoms with Crippen LogP contribution in [0.4, 0.5) is 68.2 Å². The minimum absolute atomic E-state index is 0.0473. The Morgan fingerprint density at radius 1 is 0.458 bits per heavy atom. The summed E-state index contributed by atoms with van der Waals surface area (Å²) >= 11 is 0.590. The average Bonchev–Trinajstić information content (AvgIpc) is 0.748. The van der Waals surface area contributed by atoms with Crippen molar-refractivity contribution in [3.63, 3.8) is 0 Å². The zero-order valence-corrected chi connectivity index (χ0v) is 59.4. The predicted octanol–water partition coefficient (Wildman–Crippen LogP) is 11.3. The molecule has 54 heteroatoms. The second-order valence-electron chi connectivity index (χ2n) is 20.8. The lowest BCUT2D eigenvalue weighted by Crippen LogP contribution is -2.09. The van der Waals surface area contributed by atoms with Crippen LogP contribution in [0.2, 0.25) is 0 Å². The highest BCUT2D eigenvalue weighted by molar-refractivity contribution is 7.95. The highest BCUT2D eigenvalue weighted by atomic mass is 32.2. The maximum absolute atomic E-state index is 13.3. The van der Waals surface area contributed by atoms with Gasteiger partial charge in [0, 0.05) is 62.9 Å². The number of phenols is 3. The number of azo groups is 5. The quantitative estimate of drug-likeness (QED) is 0.00291. The molecular formula is C53H42N12O33S9. The van der Waals surface area contributed by atoms with E-state index in [0.717, 1.165) is 12.1 Å². The Balaban J connectivity index is 1.13. The molecule has 107 heavy (non-hydrogen) atoms. The summed E-state index contributed by atoms with van der Waals surface area (Å²) in [5.41, 5.74) is -2.91. The van der Waals surface area contributed by atoms with Crippen LogP contribution in [0.3, 0.4) is 0 Å². The molecule has 0 amide bonds. The molecule has 0 saturated carbocycles. The molecule has 0 radical (unpaired) electrons. The van der Waals surface area contributed by atoms with Crippen LogP contribution in [-0.4, -0.2) is 147 Å². The largest absolute Gasteiger partial charge is 0.505 e. The molecule has 0 fully saturated rings. The lowest BCUT2D eigenvalue weighted by atomic mass is 10.0. The van der Waals surface area contributed by atoms with Gasteiger partial charge in [0.15, 0.2) is 27.1 Å². The minimum atomic E-state index is -5.88. The molecule has 0 atom stereocenters. The van der Waals surface area contributed by atoms with Gasteiger partial charge in [-0.05, 0) is 97.4 Å². The van der Waals surface area contributed by atoms with Crippen molar-refractivity contribution in [1.29, 1.82) is 0 Å². The number of anilines is 1. The topological polar surface area (TPSA) is 721 Å². The fourth-order valence-electron chi connectivity index (χ4n) is 9.58. The second kappa shape index (κ2) is 31.8. The molecule has 0 bridgehead atoms. The van der Waals surface area contributed by atoms with Crippen LogP contribution in [0.5, 0.6) is 23.0 Å². The molecule has 9 aromatic carbocycles. The lowest BCUT2D eigenvalue weighted by Gasteiger charge is -2.15. The molecule has 0 heterocycles. The number of nitro benzene ring substituents is 1. The SMILES string of the molecule is Nc1c(N=Nc2ccc3c(O)c(N=Nc4ccc5c(O)c(N=Nc6ccc(N=Nc7ccc(S(=O)(=O)CCO)cc7)cc6OCCCSOOO)c(S(=O)(=O)O)cc5c4S(=O)(=O)O)c(S(=O)(=O)O)cc3c2S(=O)(=O)O)cc(S(=O)(=O)O)c2cc(SOOO)c(N=Nc3ccc([N+](=O)[O-])cc3S(=O)(=O)O)c(O)c12. The van der Waals surface area contributed by atoms with Gasteiger partial charge in [0.25, 0.3) is 66.4 Å². The van der Waals surface area contributed by atoms with Gasteiger partial charge in [-0.3, -0.25) is 37.4 Å². The first-order chi connectivity index (χ1) is 50.0. The number of sulfone groups is 1. The van der Waals surface area contributed by atoms with Crippen LogP contribution in [0.1, 0.15) is 6.42 Å². The molecule has 0 aliphatic heterocycles. The van der Waals surface area contributed by atoms with Crippen molar-refractivity contribution in [2.45, 2.75) is 45.6 Å². The van der Waals surface area contributed by atoms with E-state index in [4.69, 9.17) is 26.1 Å². The molecular weight excluding hydrogens is 1620 g/mol. The van der Waals surface area contributed by atoms with Crippen molar-refractivity contribution in [3.05, 3.63) is 119 Å². The number of aliphatic hydroxyl groups excluding tert-OH is 1. The number of nitro groups is 1. The van der Waals surface area contributed by atoms with Crippen molar-refractivity contribution in [2.75, 3.05) is 30.5 Å². The van der Waals surface area contributed by atoms with Crippen molar-refractivity contribution in [1.82, 2.24) is 0 Å². The Hall–Kier alpha value is -10.0. The number of ether oxygens (including phenoxy) is 1. The number of hydrogen-bond acceptors (Lipinski definition) is 40. The summed E-state index contributed by atoms with van der Waals surface area (Å²) in [7, 11) is -37.9. The maximum atomic E-state index is 13.3. The van der Waals surface area contributed by atoms with Gasteiger partial charge in [0.1, 0.15) is 80.6 Å². The Kier molecular flexibility index (Phi) is 24.1. The summed E-state index contributed by atoms with van der Waals surface area (Å²) in [5, 5.41) is 112. The number of aromatic hydroxyl groups is 3. The molecule has 0 spiro atoms. The van der Waals surface area contributed by atoms with Crippen LogP contribution in [0, 0.1) is 10.1 Å². The number of nitrogens with two attached hydrogens (primary N) is 1. The van der Waals surface area contributed by atoms with Gasteiger partial charge in [-0.25, -0.2) is 18.9 Å². The van der Waals surface area contributed by atoms with Crippen molar-refractivity contribution >= 4 is 195 Å². The maximum Gasteiger partial charge on any atom is 0.297 e. The monoisotopic (exact) mass is 1660 g/mol. The summed E-state index contributed by atoms with van der Waals surface area (Å²) in [6, 6.07) is 15.0. The van der Waals surface area contributed by atoms with Crippen molar-refractivity contribution < 1.29 is 146 Å². The van der Waals surface area contributed by atoms with E-state index in [1.807, 2.05) is 0 Å². The van der Waals surface area contributed by atoms with E-state index in [2.05, 4.69) is 69.9 Å².